The van der Waals surface area contributed by atoms with Crippen LogP contribution in [0, 0.1) is 17.8 Å². The number of ether oxygens (including phenoxy) is 9. The molecule has 3 amide bonds. The van der Waals surface area contributed by atoms with Crippen LogP contribution in [0.5, 0.6) is 0 Å². The van der Waals surface area contributed by atoms with Crippen LogP contribution in [0.1, 0.15) is 49.8 Å². The SMILES string of the molecule is CC[C@@H]1C=C[C@@H](NC(=O)OCc2ccccc2)[C@@H](O[C@H]2[C@H](O[C@@H]3O[C@H](CO)[C@@H](O[C@H]4O[C@@H](CNC(=O)OCc5ccccc5)C=C[C@H]4NC(=O)OCc4ccccc4)[C@H]3O)[C@@H](O)[C@H](CC(CO)CO)C[C@@H]2C)O1. The third-order valence-corrected chi connectivity index (χ3v) is 13.2. The Morgan fingerprint density at radius 2 is 1.08 bits per heavy atom. The van der Waals surface area contributed by atoms with E-state index in [1.54, 1.807) is 30.4 Å². The van der Waals surface area contributed by atoms with Gasteiger partial charge in [-0.3, -0.25) is 0 Å². The Hall–Kier alpha value is -5.49. The molecule has 1 saturated heterocycles. The fourth-order valence-electron chi connectivity index (χ4n) is 9.22. The molecule has 2 fully saturated rings. The minimum atomic E-state index is -1.65. The second kappa shape index (κ2) is 27.7. The maximum absolute atomic E-state index is 13.2. The Morgan fingerprint density at radius 1 is 0.603 bits per heavy atom. The molecular formula is C53H69N3O17. The minimum Gasteiger partial charge on any atom is -0.445 e. The van der Waals surface area contributed by atoms with Gasteiger partial charge in [0, 0.05) is 19.1 Å². The number of alkyl carbamates (subject to hydrolysis) is 3. The molecule has 0 bridgehead atoms. The lowest BCUT2D eigenvalue weighted by atomic mass is 9.73. The van der Waals surface area contributed by atoms with Crippen molar-refractivity contribution in [2.24, 2.45) is 17.8 Å². The van der Waals surface area contributed by atoms with Crippen LogP contribution in [-0.2, 0) is 62.5 Å². The summed E-state index contributed by atoms with van der Waals surface area (Å²) in [6, 6.07) is 25.5. The van der Waals surface area contributed by atoms with Crippen LogP contribution in [0.4, 0.5) is 14.4 Å². The summed E-state index contributed by atoms with van der Waals surface area (Å²) in [7, 11) is 0. The van der Waals surface area contributed by atoms with Gasteiger partial charge in [-0.15, -0.1) is 0 Å². The predicted molar refractivity (Wildman–Crippen MR) is 260 cm³/mol. The molecule has 3 aromatic carbocycles. The first-order valence-corrected chi connectivity index (χ1v) is 24.8. The van der Waals surface area contributed by atoms with E-state index in [4.69, 9.17) is 42.6 Å². The van der Waals surface area contributed by atoms with E-state index in [0.717, 1.165) is 16.7 Å². The molecule has 8 N–H and O–H groups in total. The van der Waals surface area contributed by atoms with Gasteiger partial charge < -0.3 is 84.1 Å². The lowest BCUT2D eigenvalue weighted by molar-refractivity contribution is -0.291. The maximum atomic E-state index is 13.2. The summed E-state index contributed by atoms with van der Waals surface area (Å²) in [5.74, 6) is -1.46. The van der Waals surface area contributed by atoms with Crippen molar-refractivity contribution in [3.63, 3.8) is 0 Å². The quantitative estimate of drug-likeness (QED) is 0.0526. The summed E-state index contributed by atoms with van der Waals surface area (Å²) in [5, 5.41) is 63.1. The zero-order chi connectivity index (χ0) is 51.7. The maximum Gasteiger partial charge on any atom is 0.408 e. The first-order valence-electron chi connectivity index (χ1n) is 24.8. The van der Waals surface area contributed by atoms with Gasteiger partial charge in [0.15, 0.2) is 18.9 Å². The number of benzene rings is 3. The molecule has 20 heteroatoms. The van der Waals surface area contributed by atoms with Crippen molar-refractivity contribution < 1.29 is 82.5 Å². The minimum absolute atomic E-state index is 0.0218. The van der Waals surface area contributed by atoms with Crippen molar-refractivity contribution >= 4 is 18.3 Å². The second-order valence-electron chi connectivity index (χ2n) is 18.6. The van der Waals surface area contributed by atoms with Gasteiger partial charge >= 0.3 is 18.3 Å². The lowest BCUT2D eigenvalue weighted by Gasteiger charge is -2.47. The van der Waals surface area contributed by atoms with Crippen LogP contribution >= 0.6 is 0 Å². The zero-order valence-electron chi connectivity index (χ0n) is 40.9. The highest BCUT2D eigenvalue weighted by Gasteiger charge is 2.53. The second-order valence-corrected chi connectivity index (χ2v) is 18.6. The predicted octanol–water partition coefficient (Wildman–Crippen LogP) is 3.72. The van der Waals surface area contributed by atoms with E-state index in [9.17, 15) is 39.9 Å². The van der Waals surface area contributed by atoms with Gasteiger partial charge in [-0.2, -0.15) is 0 Å². The van der Waals surface area contributed by atoms with Crippen LogP contribution in [0.3, 0.4) is 0 Å². The molecule has 398 valence electrons. The number of aliphatic hydroxyl groups is 5. The number of carbonyl (C=O) groups is 3. The van der Waals surface area contributed by atoms with E-state index in [2.05, 4.69) is 16.0 Å². The normalized spacial score (nSPS) is 30.9. The van der Waals surface area contributed by atoms with E-state index in [1.807, 2.05) is 98.8 Å². The Bertz CT molecular complexity index is 2210. The molecule has 3 heterocycles. The van der Waals surface area contributed by atoms with Crippen molar-refractivity contribution in [1.29, 1.82) is 0 Å². The van der Waals surface area contributed by atoms with Crippen molar-refractivity contribution in [3.8, 4) is 0 Å². The number of nitrogens with one attached hydrogen (secondary N) is 3. The Labute approximate surface area is 424 Å². The van der Waals surface area contributed by atoms with Crippen LogP contribution < -0.4 is 16.0 Å². The van der Waals surface area contributed by atoms with E-state index < -0.39 is 110 Å². The summed E-state index contributed by atoms with van der Waals surface area (Å²) in [5.41, 5.74) is 2.33. The van der Waals surface area contributed by atoms with Crippen molar-refractivity contribution in [1.82, 2.24) is 16.0 Å². The van der Waals surface area contributed by atoms with E-state index in [0.29, 0.717) is 12.8 Å². The smallest absolute Gasteiger partial charge is 0.408 e. The Kier molecular flexibility index (Phi) is 21.0. The zero-order valence-corrected chi connectivity index (χ0v) is 40.9. The molecular weight excluding hydrogens is 951 g/mol. The highest BCUT2D eigenvalue weighted by molar-refractivity contribution is 5.69. The van der Waals surface area contributed by atoms with Gasteiger partial charge in [-0.05, 0) is 47.8 Å². The first-order chi connectivity index (χ1) is 35.4. The Balaban J connectivity index is 1.07. The summed E-state index contributed by atoms with van der Waals surface area (Å²) >= 11 is 0. The first kappa shape index (κ1) is 55.3. The average molecular weight is 1020 g/mol. The molecule has 4 aliphatic rings. The van der Waals surface area contributed by atoms with Gasteiger partial charge in [0.05, 0.1) is 37.6 Å². The molecule has 1 aliphatic carbocycles. The molecule has 7 rings (SSSR count). The molecule has 73 heavy (non-hydrogen) atoms. The molecule has 1 saturated carbocycles. The standard InChI is InChI=1S/C53H69N3O17/c1-3-38-19-21-40(55-52(63)66-30-34-15-9-5-10-16-34)48(68-38)71-45-32(2)23-37(24-36(26-57)27-58)43(60)47(45)73-50-44(61)46(42(28-59)70-50)72-49-41(56-53(64)67-31-35-17-11-6-12-18-35)22-20-39(69-49)25-54-51(62)65-29-33-13-7-4-8-14-33/h4-22,32,36-50,57-61H,3,23-31H2,1-2H3,(H,54,62)(H,55,63)(H,56,64)/t32-,37-,38+,39+,40+,41+,42+,43-,44+,45+,46+,47+,48+,49+,50-/m0/s1. The van der Waals surface area contributed by atoms with E-state index in [1.165, 1.54) is 0 Å². The summed E-state index contributed by atoms with van der Waals surface area (Å²) in [6.45, 7) is 2.42. The van der Waals surface area contributed by atoms with Crippen LogP contribution in [0.15, 0.2) is 115 Å². The van der Waals surface area contributed by atoms with Crippen LogP contribution in [0.2, 0.25) is 0 Å². The van der Waals surface area contributed by atoms with Gasteiger partial charge in [-0.1, -0.05) is 129 Å². The third-order valence-electron chi connectivity index (χ3n) is 13.2. The number of carbonyl (C=O) groups excluding carboxylic acids is 3. The van der Waals surface area contributed by atoms with Crippen LogP contribution in [-0.4, -0.2) is 150 Å². The number of hydrogen-bond donors (Lipinski definition) is 8. The molecule has 0 aromatic heterocycles. The fourth-order valence-corrected chi connectivity index (χ4v) is 9.22. The number of amides is 3. The molecule has 0 spiro atoms. The number of aliphatic hydroxyl groups excluding tert-OH is 5. The highest BCUT2D eigenvalue weighted by atomic mass is 16.8. The van der Waals surface area contributed by atoms with Gasteiger partial charge in [0.1, 0.15) is 56.3 Å². The summed E-state index contributed by atoms with van der Waals surface area (Å²) in [4.78, 5) is 39.0. The summed E-state index contributed by atoms with van der Waals surface area (Å²) in [6.07, 6.45) is -7.34. The summed E-state index contributed by atoms with van der Waals surface area (Å²) < 4.78 is 54.7. The molecule has 0 unspecified atom stereocenters. The largest absolute Gasteiger partial charge is 0.445 e. The monoisotopic (exact) mass is 1020 g/mol. The molecule has 20 nitrogen and oxygen atoms in total. The average Bonchev–Trinajstić information content (AvgIpc) is 3.71. The van der Waals surface area contributed by atoms with E-state index in [-0.39, 0.29) is 58.0 Å². The third kappa shape index (κ3) is 15.8. The Morgan fingerprint density at radius 3 is 1.59 bits per heavy atom. The fraction of sp³-hybridized carbons (Fsp3) is 0.528. The van der Waals surface area contributed by atoms with Gasteiger partial charge in [0.25, 0.3) is 0 Å². The van der Waals surface area contributed by atoms with Gasteiger partial charge in [-0.25, -0.2) is 14.4 Å². The molecule has 15 atom stereocenters. The number of hydrogen-bond acceptors (Lipinski definition) is 17. The molecule has 0 radical (unpaired) electrons. The van der Waals surface area contributed by atoms with Crippen LogP contribution in [0.25, 0.3) is 0 Å². The lowest BCUT2D eigenvalue weighted by Crippen LogP contribution is -2.58. The van der Waals surface area contributed by atoms with Crippen molar-refractivity contribution in [3.05, 3.63) is 132 Å². The number of rotatable bonds is 22. The topological polar surface area (TPSA) is 272 Å². The van der Waals surface area contributed by atoms with Crippen molar-refractivity contribution in [2.45, 2.75) is 133 Å². The molecule has 3 aliphatic heterocycles. The molecule has 3 aromatic rings. The van der Waals surface area contributed by atoms with Crippen molar-refractivity contribution in [2.75, 3.05) is 26.4 Å². The highest BCUT2D eigenvalue weighted by Crippen LogP contribution is 2.40. The van der Waals surface area contributed by atoms with E-state index >= 15 is 0 Å². The van der Waals surface area contributed by atoms with Gasteiger partial charge in [0.2, 0.25) is 0 Å².